The van der Waals surface area contributed by atoms with E-state index in [1.807, 2.05) is 0 Å². The van der Waals surface area contributed by atoms with Gasteiger partial charge in [-0.15, -0.1) is 0 Å². The number of rotatable bonds is 2. The summed E-state index contributed by atoms with van der Waals surface area (Å²) in [6.45, 7) is 5.24. The lowest BCUT2D eigenvalue weighted by atomic mass is 9.96. The van der Waals surface area contributed by atoms with Gasteiger partial charge in [0.2, 0.25) is 0 Å². The molecule has 2 rings (SSSR count). The van der Waals surface area contributed by atoms with Gasteiger partial charge in [-0.05, 0) is 38.4 Å². The maximum Gasteiger partial charge on any atom is 0.0645 e. The fourth-order valence-electron chi connectivity index (χ4n) is 1.99. The molecule has 2 fully saturated rings. The number of hydrogen-bond acceptors (Lipinski definition) is 3. The van der Waals surface area contributed by atoms with E-state index in [2.05, 4.69) is 4.90 Å². The van der Waals surface area contributed by atoms with Gasteiger partial charge in [-0.3, -0.25) is 4.90 Å². The number of hydrogen-bond donors (Lipinski definition) is 1. The van der Waals surface area contributed by atoms with Crippen molar-refractivity contribution in [1.82, 2.24) is 4.90 Å². The second kappa shape index (κ2) is 3.73. The Hall–Kier alpha value is -0.120. The summed E-state index contributed by atoms with van der Waals surface area (Å²) in [5.41, 5.74) is 5.63. The van der Waals surface area contributed by atoms with Crippen LogP contribution >= 0.6 is 0 Å². The molecule has 0 aromatic rings. The Labute approximate surface area is 73.9 Å². The molecule has 2 aliphatic rings. The van der Waals surface area contributed by atoms with E-state index in [-0.39, 0.29) is 0 Å². The van der Waals surface area contributed by atoms with Crippen molar-refractivity contribution in [1.29, 1.82) is 0 Å². The summed E-state index contributed by atoms with van der Waals surface area (Å²) in [6.07, 6.45) is 2.57. The minimum Gasteiger partial charge on any atom is -0.378 e. The molecule has 0 aromatic carbocycles. The van der Waals surface area contributed by atoms with E-state index < -0.39 is 0 Å². The van der Waals surface area contributed by atoms with E-state index in [1.54, 1.807) is 0 Å². The van der Waals surface area contributed by atoms with Gasteiger partial charge in [-0.2, -0.15) is 0 Å². The first-order chi connectivity index (χ1) is 5.90. The molecule has 2 N–H and O–H groups in total. The molecule has 0 saturated carbocycles. The van der Waals surface area contributed by atoms with Gasteiger partial charge in [0, 0.05) is 0 Å². The lowest BCUT2D eigenvalue weighted by molar-refractivity contribution is -0.0734. The minimum absolute atomic E-state index is 0.726. The highest BCUT2D eigenvalue weighted by Crippen LogP contribution is 2.20. The highest BCUT2D eigenvalue weighted by Gasteiger charge is 2.28. The number of nitrogens with zero attached hydrogens (tertiary/aromatic N) is 1. The Kier molecular flexibility index (Phi) is 2.63. The molecule has 0 radical (unpaired) electrons. The quantitative estimate of drug-likeness (QED) is 0.636. The standard InChI is InChI=1S/C9H18N2O/c10-5-8-1-3-11(4-2-8)9-6-12-7-9/h8-9H,1-7,10H2. The fraction of sp³-hybridized carbons (Fsp3) is 1.00. The maximum atomic E-state index is 5.63. The third-order valence-corrected chi connectivity index (χ3v) is 3.12. The zero-order valence-electron chi connectivity index (χ0n) is 7.54. The molecule has 0 unspecified atom stereocenters. The van der Waals surface area contributed by atoms with Crippen molar-refractivity contribution in [2.45, 2.75) is 18.9 Å². The van der Waals surface area contributed by atoms with Gasteiger partial charge < -0.3 is 10.5 Å². The molecule has 0 aliphatic carbocycles. The Balaban J connectivity index is 1.74. The summed E-state index contributed by atoms with van der Waals surface area (Å²) in [6, 6.07) is 0.726. The first-order valence-corrected chi connectivity index (χ1v) is 4.92. The van der Waals surface area contributed by atoms with Crippen molar-refractivity contribution < 1.29 is 4.74 Å². The summed E-state index contributed by atoms with van der Waals surface area (Å²) in [5, 5.41) is 0. The largest absolute Gasteiger partial charge is 0.378 e. The minimum atomic E-state index is 0.726. The smallest absolute Gasteiger partial charge is 0.0645 e. The number of ether oxygens (including phenoxy) is 1. The molecule has 0 amide bonds. The normalized spacial score (nSPS) is 28.8. The second-order valence-corrected chi connectivity index (χ2v) is 3.91. The molecular weight excluding hydrogens is 152 g/mol. The Bertz CT molecular complexity index is 139. The third-order valence-electron chi connectivity index (χ3n) is 3.12. The maximum absolute atomic E-state index is 5.63. The monoisotopic (exact) mass is 170 g/mol. The molecule has 0 spiro atoms. The van der Waals surface area contributed by atoms with Gasteiger partial charge in [0.15, 0.2) is 0 Å². The Morgan fingerprint density at radius 2 is 1.92 bits per heavy atom. The van der Waals surface area contributed by atoms with Crippen molar-refractivity contribution >= 4 is 0 Å². The summed E-state index contributed by atoms with van der Waals surface area (Å²) in [4.78, 5) is 2.55. The zero-order valence-corrected chi connectivity index (χ0v) is 7.54. The number of nitrogens with two attached hydrogens (primary N) is 1. The van der Waals surface area contributed by atoms with Crippen LogP contribution in [0.2, 0.25) is 0 Å². The van der Waals surface area contributed by atoms with Crippen LogP contribution < -0.4 is 5.73 Å². The summed E-state index contributed by atoms with van der Waals surface area (Å²) < 4.78 is 5.17. The average Bonchev–Trinajstić information content (AvgIpc) is 2.03. The van der Waals surface area contributed by atoms with E-state index in [0.29, 0.717) is 0 Å². The van der Waals surface area contributed by atoms with Crippen LogP contribution in [0.3, 0.4) is 0 Å². The topological polar surface area (TPSA) is 38.5 Å². The Morgan fingerprint density at radius 3 is 2.33 bits per heavy atom. The highest BCUT2D eigenvalue weighted by atomic mass is 16.5. The van der Waals surface area contributed by atoms with Gasteiger partial charge in [0.05, 0.1) is 19.3 Å². The summed E-state index contributed by atoms with van der Waals surface area (Å²) in [5.74, 6) is 0.780. The van der Waals surface area contributed by atoms with Crippen LogP contribution in [-0.2, 0) is 4.74 Å². The van der Waals surface area contributed by atoms with E-state index in [0.717, 1.165) is 31.7 Å². The van der Waals surface area contributed by atoms with Gasteiger partial charge in [-0.1, -0.05) is 0 Å². The molecule has 3 nitrogen and oxygen atoms in total. The van der Waals surface area contributed by atoms with Crippen LogP contribution in [0.1, 0.15) is 12.8 Å². The summed E-state index contributed by atoms with van der Waals surface area (Å²) in [7, 11) is 0. The second-order valence-electron chi connectivity index (χ2n) is 3.91. The van der Waals surface area contributed by atoms with Gasteiger partial charge in [0.25, 0.3) is 0 Å². The molecule has 2 aliphatic heterocycles. The molecule has 70 valence electrons. The zero-order chi connectivity index (χ0) is 8.39. The van der Waals surface area contributed by atoms with Crippen LogP contribution in [-0.4, -0.2) is 43.8 Å². The highest BCUT2D eigenvalue weighted by molar-refractivity contribution is 4.82. The van der Waals surface area contributed by atoms with E-state index >= 15 is 0 Å². The predicted octanol–water partition coefficient (Wildman–Crippen LogP) is 0.0559. The van der Waals surface area contributed by atoms with Crippen LogP contribution in [0.5, 0.6) is 0 Å². The lowest BCUT2D eigenvalue weighted by Crippen LogP contribution is -2.52. The molecule has 12 heavy (non-hydrogen) atoms. The number of likely N-dealkylation sites (tertiary alicyclic amines) is 1. The number of piperidine rings is 1. The van der Waals surface area contributed by atoms with Crippen molar-refractivity contribution in [3.63, 3.8) is 0 Å². The predicted molar refractivity (Wildman–Crippen MR) is 48.0 cm³/mol. The van der Waals surface area contributed by atoms with Crippen LogP contribution in [0, 0.1) is 5.92 Å². The molecule has 0 atom stereocenters. The van der Waals surface area contributed by atoms with E-state index in [4.69, 9.17) is 10.5 Å². The molecule has 2 heterocycles. The van der Waals surface area contributed by atoms with Crippen molar-refractivity contribution in [2.75, 3.05) is 32.8 Å². The van der Waals surface area contributed by atoms with Gasteiger partial charge >= 0.3 is 0 Å². The first-order valence-electron chi connectivity index (χ1n) is 4.92. The Morgan fingerprint density at radius 1 is 1.25 bits per heavy atom. The molecule has 2 saturated heterocycles. The van der Waals surface area contributed by atoms with Crippen LogP contribution in [0.25, 0.3) is 0 Å². The first kappa shape index (κ1) is 8.48. The molecule has 0 aromatic heterocycles. The van der Waals surface area contributed by atoms with E-state index in [9.17, 15) is 0 Å². The molecular formula is C9H18N2O. The van der Waals surface area contributed by atoms with Crippen molar-refractivity contribution in [2.24, 2.45) is 11.7 Å². The SMILES string of the molecule is NCC1CCN(C2COC2)CC1. The van der Waals surface area contributed by atoms with Crippen molar-refractivity contribution in [3.05, 3.63) is 0 Å². The van der Waals surface area contributed by atoms with Crippen LogP contribution in [0.15, 0.2) is 0 Å². The lowest BCUT2D eigenvalue weighted by Gasteiger charge is -2.41. The summed E-state index contributed by atoms with van der Waals surface area (Å²) >= 11 is 0. The fourth-order valence-corrected chi connectivity index (χ4v) is 1.99. The van der Waals surface area contributed by atoms with Gasteiger partial charge in [-0.25, -0.2) is 0 Å². The molecule has 0 bridgehead atoms. The van der Waals surface area contributed by atoms with E-state index in [1.165, 1.54) is 25.9 Å². The molecule has 3 heteroatoms. The van der Waals surface area contributed by atoms with Crippen molar-refractivity contribution in [3.8, 4) is 0 Å². The third kappa shape index (κ3) is 1.63. The van der Waals surface area contributed by atoms with Crippen LogP contribution in [0.4, 0.5) is 0 Å². The average molecular weight is 170 g/mol. The van der Waals surface area contributed by atoms with Gasteiger partial charge in [0.1, 0.15) is 0 Å².